The van der Waals surface area contributed by atoms with Crippen molar-refractivity contribution in [2.24, 2.45) is 0 Å². The monoisotopic (exact) mass is 327 g/mol. The Hall–Kier alpha value is -2.42. The number of sulfonamides is 1. The third kappa shape index (κ3) is 3.61. The Morgan fingerprint density at radius 2 is 2.05 bits per heavy atom. The maximum Gasteiger partial charge on any atom is 0.263 e. The third-order valence-electron chi connectivity index (χ3n) is 2.61. The molecule has 0 saturated carbocycles. The van der Waals surface area contributed by atoms with Crippen LogP contribution < -0.4 is 14.2 Å². The van der Waals surface area contributed by atoms with Gasteiger partial charge in [-0.2, -0.15) is 0 Å². The summed E-state index contributed by atoms with van der Waals surface area (Å²) in [6.07, 6.45) is 1.16. The highest BCUT2D eigenvalue weighted by Crippen LogP contribution is 2.22. The van der Waals surface area contributed by atoms with Gasteiger partial charge < -0.3 is 9.47 Å². The van der Waals surface area contributed by atoms with Crippen LogP contribution in [0.1, 0.15) is 6.92 Å². The predicted molar refractivity (Wildman–Crippen MR) is 77.0 cm³/mol. The van der Waals surface area contributed by atoms with E-state index in [1.165, 1.54) is 25.3 Å². The van der Waals surface area contributed by atoms with Crippen LogP contribution in [0, 0.1) is 5.82 Å². The van der Waals surface area contributed by atoms with Gasteiger partial charge in [0.2, 0.25) is 5.88 Å². The van der Waals surface area contributed by atoms with Crippen LogP contribution in [0.15, 0.2) is 35.5 Å². The van der Waals surface area contributed by atoms with E-state index in [0.717, 1.165) is 12.4 Å². The van der Waals surface area contributed by atoms with E-state index in [9.17, 15) is 12.8 Å². The number of nitrogens with one attached hydrogen (secondary N) is 1. The molecule has 1 aromatic carbocycles. The number of methoxy groups -OCH3 is 1. The van der Waals surface area contributed by atoms with Crippen molar-refractivity contribution in [3.63, 3.8) is 0 Å². The summed E-state index contributed by atoms with van der Waals surface area (Å²) in [6.45, 7) is 2.15. The minimum atomic E-state index is -3.98. The summed E-state index contributed by atoms with van der Waals surface area (Å²) in [7, 11) is -2.69. The molecule has 1 aromatic heterocycles. The molecule has 7 nitrogen and oxygen atoms in total. The first-order valence-corrected chi connectivity index (χ1v) is 7.76. The van der Waals surface area contributed by atoms with Gasteiger partial charge >= 0.3 is 0 Å². The van der Waals surface area contributed by atoms with Crippen LogP contribution in [0.3, 0.4) is 0 Å². The smallest absolute Gasteiger partial charge is 0.263 e. The summed E-state index contributed by atoms with van der Waals surface area (Å²) in [5.41, 5.74) is 0. The fourth-order valence-corrected chi connectivity index (χ4v) is 2.64. The molecule has 0 unspecified atom stereocenters. The first kappa shape index (κ1) is 16.0. The Balaban J connectivity index is 2.27. The van der Waals surface area contributed by atoms with Gasteiger partial charge in [0.05, 0.1) is 18.6 Å². The topological polar surface area (TPSA) is 90.4 Å². The minimum Gasteiger partial charge on any atom is -0.494 e. The van der Waals surface area contributed by atoms with Crippen molar-refractivity contribution >= 4 is 15.8 Å². The molecule has 2 aromatic rings. The molecule has 0 aliphatic rings. The van der Waals surface area contributed by atoms with Gasteiger partial charge in [0.15, 0.2) is 11.6 Å². The number of ether oxygens (including phenoxy) is 2. The molecule has 1 heterocycles. The summed E-state index contributed by atoms with van der Waals surface area (Å²) >= 11 is 0. The molecule has 0 radical (unpaired) electrons. The van der Waals surface area contributed by atoms with Gasteiger partial charge in [-0.3, -0.25) is 4.72 Å². The van der Waals surface area contributed by atoms with Gasteiger partial charge in [-0.1, -0.05) is 0 Å². The van der Waals surface area contributed by atoms with Gasteiger partial charge in [-0.15, -0.1) is 0 Å². The quantitative estimate of drug-likeness (QED) is 0.870. The molecule has 0 spiro atoms. The highest BCUT2D eigenvalue weighted by atomic mass is 32.2. The number of nitrogens with zero attached hydrogens (tertiary/aromatic N) is 2. The van der Waals surface area contributed by atoms with Crippen LogP contribution in [-0.2, 0) is 10.0 Å². The number of hydrogen-bond donors (Lipinski definition) is 1. The standard InChI is InChI=1S/C13H14FN3O4S/c1-3-21-13-7-12(15-8-16-13)17-22(18,19)9-4-5-11(20-2)10(14)6-9/h4-8H,3H2,1-2H3,(H,15,16,17). The van der Waals surface area contributed by atoms with Crippen molar-refractivity contribution < 1.29 is 22.3 Å². The zero-order chi connectivity index (χ0) is 16.2. The summed E-state index contributed by atoms with van der Waals surface area (Å²) in [5.74, 6) is -0.562. The molecular formula is C13H14FN3O4S. The van der Waals surface area contributed by atoms with Crippen molar-refractivity contribution in [1.82, 2.24) is 9.97 Å². The Bertz CT molecular complexity index is 768. The van der Waals surface area contributed by atoms with Gasteiger partial charge in [0.25, 0.3) is 10.0 Å². The molecular weight excluding hydrogens is 313 g/mol. The Morgan fingerprint density at radius 1 is 1.27 bits per heavy atom. The zero-order valence-electron chi connectivity index (χ0n) is 11.9. The fourth-order valence-electron chi connectivity index (χ4n) is 1.63. The van der Waals surface area contributed by atoms with Crippen molar-refractivity contribution in [3.8, 4) is 11.6 Å². The third-order valence-corrected chi connectivity index (χ3v) is 3.96. The van der Waals surface area contributed by atoms with Gasteiger partial charge in [-0.25, -0.2) is 22.8 Å². The molecule has 2 rings (SSSR count). The van der Waals surface area contributed by atoms with Crippen molar-refractivity contribution in [2.75, 3.05) is 18.4 Å². The molecule has 0 aliphatic carbocycles. The molecule has 0 aliphatic heterocycles. The first-order chi connectivity index (χ1) is 10.5. The Labute approximate surface area is 127 Å². The maximum absolute atomic E-state index is 13.6. The van der Waals surface area contributed by atoms with Crippen LogP contribution in [0.5, 0.6) is 11.6 Å². The van der Waals surface area contributed by atoms with Crippen LogP contribution in [0.25, 0.3) is 0 Å². The van der Waals surface area contributed by atoms with Crippen LogP contribution in [0.4, 0.5) is 10.2 Å². The molecule has 22 heavy (non-hydrogen) atoms. The SMILES string of the molecule is CCOc1cc(NS(=O)(=O)c2ccc(OC)c(F)c2)ncn1. The summed E-state index contributed by atoms with van der Waals surface area (Å²) < 4.78 is 50.2. The minimum absolute atomic E-state index is 0.0228. The van der Waals surface area contributed by atoms with Gasteiger partial charge in [0.1, 0.15) is 12.1 Å². The number of hydrogen-bond acceptors (Lipinski definition) is 6. The molecule has 0 amide bonds. The lowest BCUT2D eigenvalue weighted by atomic mass is 10.3. The van der Waals surface area contributed by atoms with E-state index in [2.05, 4.69) is 14.7 Å². The van der Waals surface area contributed by atoms with E-state index >= 15 is 0 Å². The number of aromatic nitrogens is 2. The van der Waals surface area contributed by atoms with E-state index < -0.39 is 15.8 Å². The average molecular weight is 327 g/mol. The van der Waals surface area contributed by atoms with Crippen molar-refractivity contribution in [1.29, 1.82) is 0 Å². The molecule has 0 bridgehead atoms. The Morgan fingerprint density at radius 3 is 2.68 bits per heavy atom. The zero-order valence-corrected chi connectivity index (χ0v) is 12.7. The lowest BCUT2D eigenvalue weighted by molar-refractivity contribution is 0.326. The first-order valence-electron chi connectivity index (χ1n) is 6.27. The van der Waals surface area contributed by atoms with Crippen LogP contribution >= 0.6 is 0 Å². The lowest BCUT2D eigenvalue weighted by Gasteiger charge is -2.09. The average Bonchev–Trinajstić information content (AvgIpc) is 2.47. The molecule has 0 fully saturated rings. The summed E-state index contributed by atoms with van der Waals surface area (Å²) in [5, 5.41) is 0. The number of rotatable bonds is 6. The van der Waals surface area contributed by atoms with Gasteiger partial charge in [0, 0.05) is 6.07 Å². The van der Waals surface area contributed by atoms with Crippen LogP contribution in [-0.4, -0.2) is 32.1 Å². The van der Waals surface area contributed by atoms with E-state index in [-0.39, 0.29) is 22.3 Å². The van der Waals surface area contributed by atoms with Crippen LogP contribution in [0.2, 0.25) is 0 Å². The molecule has 9 heteroatoms. The second kappa shape index (κ2) is 6.56. The molecule has 0 saturated heterocycles. The fraction of sp³-hybridized carbons (Fsp3) is 0.231. The van der Waals surface area contributed by atoms with Crippen molar-refractivity contribution in [3.05, 3.63) is 36.4 Å². The van der Waals surface area contributed by atoms with E-state index in [1.807, 2.05) is 0 Å². The Kier molecular flexibility index (Phi) is 4.76. The van der Waals surface area contributed by atoms with E-state index in [1.54, 1.807) is 6.92 Å². The molecule has 118 valence electrons. The largest absolute Gasteiger partial charge is 0.494 e. The van der Waals surface area contributed by atoms with E-state index in [4.69, 9.17) is 9.47 Å². The highest BCUT2D eigenvalue weighted by molar-refractivity contribution is 7.92. The predicted octanol–water partition coefficient (Wildman–Crippen LogP) is 1.82. The summed E-state index contributed by atoms with van der Waals surface area (Å²) in [4.78, 5) is 7.36. The second-order valence-electron chi connectivity index (χ2n) is 4.08. The highest BCUT2D eigenvalue weighted by Gasteiger charge is 2.17. The molecule has 1 N–H and O–H groups in total. The van der Waals surface area contributed by atoms with Crippen molar-refractivity contribution in [2.45, 2.75) is 11.8 Å². The summed E-state index contributed by atoms with van der Waals surface area (Å²) in [6, 6.07) is 4.66. The lowest BCUT2D eigenvalue weighted by Crippen LogP contribution is -2.14. The molecule has 0 atom stereocenters. The van der Waals surface area contributed by atoms with E-state index in [0.29, 0.717) is 6.61 Å². The normalized spacial score (nSPS) is 11.0. The number of anilines is 1. The second-order valence-corrected chi connectivity index (χ2v) is 5.76. The number of halogens is 1. The van der Waals surface area contributed by atoms with Gasteiger partial charge in [-0.05, 0) is 25.1 Å². The number of benzene rings is 1. The maximum atomic E-state index is 13.6.